The van der Waals surface area contributed by atoms with E-state index in [0.717, 1.165) is 30.0 Å². The van der Waals surface area contributed by atoms with E-state index in [-0.39, 0.29) is 0 Å². The highest BCUT2D eigenvalue weighted by Crippen LogP contribution is 2.33. The Morgan fingerprint density at radius 2 is 2.06 bits per heavy atom. The summed E-state index contributed by atoms with van der Waals surface area (Å²) in [5, 5.41) is 0. The molecule has 0 heterocycles. The number of para-hydroxylation sites is 1. The third-order valence-corrected chi connectivity index (χ3v) is 3.15. The molecule has 0 bridgehead atoms. The van der Waals surface area contributed by atoms with Crippen molar-refractivity contribution in [3.8, 4) is 0 Å². The lowest BCUT2D eigenvalue weighted by Crippen LogP contribution is -2.33. The molecule has 0 radical (unpaired) electrons. The lowest BCUT2D eigenvalue weighted by Gasteiger charge is -2.30. The SMILES string of the molecule is CC(C)N(CC1CC1)c1ccccc1C=O. The number of nitrogens with zero attached hydrogens (tertiary/aromatic N) is 1. The molecule has 2 rings (SSSR count). The minimum atomic E-state index is 0.446. The molecule has 1 aliphatic rings. The van der Waals surface area contributed by atoms with Gasteiger partial charge in [-0.2, -0.15) is 0 Å². The van der Waals surface area contributed by atoms with Crippen LogP contribution in [0.4, 0.5) is 5.69 Å². The van der Waals surface area contributed by atoms with Crippen LogP contribution in [0.2, 0.25) is 0 Å². The second-order valence-corrected chi connectivity index (χ2v) is 4.87. The standard InChI is InChI=1S/C14H19NO/c1-11(2)15(9-12-7-8-12)14-6-4-3-5-13(14)10-16/h3-6,10-12H,7-9H2,1-2H3. The quantitative estimate of drug-likeness (QED) is 0.706. The van der Waals surface area contributed by atoms with Crippen LogP contribution in [-0.2, 0) is 0 Å². The van der Waals surface area contributed by atoms with Gasteiger partial charge in [-0.05, 0) is 44.7 Å². The van der Waals surface area contributed by atoms with Crippen LogP contribution in [0.5, 0.6) is 0 Å². The zero-order valence-corrected chi connectivity index (χ0v) is 10.0. The van der Waals surface area contributed by atoms with E-state index in [9.17, 15) is 4.79 Å². The van der Waals surface area contributed by atoms with Gasteiger partial charge in [0.15, 0.2) is 6.29 Å². The number of carbonyl (C=O) groups excluding carboxylic acids is 1. The minimum Gasteiger partial charge on any atom is -0.368 e. The number of anilines is 1. The van der Waals surface area contributed by atoms with E-state index in [1.54, 1.807) is 0 Å². The molecule has 0 aromatic heterocycles. The molecule has 1 aromatic rings. The summed E-state index contributed by atoms with van der Waals surface area (Å²) in [6.45, 7) is 5.45. The molecule has 2 nitrogen and oxygen atoms in total. The molecule has 0 N–H and O–H groups in total. The maximum Gasteiger partial charge on any atom is 0.152 e. The van der Waals surface area contributed by atoms with Gasteiger partial charge in [0, 0.05) is 23.8 Å². The molecule has 0 saturated heterocycles. The Kier molecular flexibility index (Phi) is 3.28. The number of hydrogen-bond acceptors (Lipinski definition) is 2. The molecule has 1 saturated carbocycles. The number of aldehydes is 1. The monoisotopic (exact) mass is 217 g/mol. The van der Waals surface area contributed by atoms with Gasteiger partial charge >= 0.3 is 0 Å². The Bertz CT molecular complexity index is 369. The second-order valence-electron chi connectivity index (χ2n) is 4.87. The van der Waals surface area contributed by atoms with E-state index in [1.807, 2.05) is 24.3 Å². The van der Waals surface area contributed by atoms with Crippen molar-refractivity contribution in [3.63, 3.8) is 0 Å². The Hall–Kier alpha value is -1.31. The zero-order chi connectivity index (χ0) is 11.5. The third kappa shape index (κ3) is 2.43. The van der Waals surface area contributed by atoms with Crippen LogP contribution in [0, 0.1) is 5.92 Å². The van der Waals surface area contributed by atoms with Gasteiger partial charge in [-0.15, -0.1) is 0 Å². The fraction of sp³-hybridized carbons (Fsp3) is 0.500. The number of benzene rings is 1. The summed E-state index contributed by atoms with van der Waals surface area (Å²) in [5.74, 6) is 0.835. The maximum absolute atomic E-state index is 11.0. The molecule has 1 aliphatic carbocycles. The number of hydrogen-bond donors (Lipinski definition) is 0. The molecule has 1 fully saturated rings. The van der Waals surface area contributed by atoms with Crippen LogP contribution >= 0.6 is 0 Å². The van der Waals surface area contributed by atoms with E-state index < -0.39 is 0 Å². The maximum atomic E-state index is 11.0. The second kappa shape index (κ2) is 4.69. The average Bonchev–Trinajstić information content (AvgIpc) is 3.09. The molecule has 16 heavy (non-hydrogen) atoms. The van der Waals surface area contributed by atoms with Crippen molar-refractivity contribution in [1.29, 1.82) is 0 Å². The summed E-state index contributed by atoms with van der Waals surface area (Å²) in [6, 6.07) is 8.31. The zero-order valence-electron chi connectivity index (χ0n) is 10.0. The van der Waals surface area contributed by atoms with E-state index in [4.69, 9.17) is 0 Å². The van der Waals surface area contributed by atoms with Gasteiger partial charge in [-0.3, -0.25) is 4.79 Å². The summed E-state index contributed by atoms with van der Waals surface area (Å²) in [4.78, 5) is 13.4. The Morgan fingerprint density at radius 3 is 2.62 bits per heavy atom. The first-order valence-electron chi connectivity index (χ1n) is 6.03. The summed E-state index contributed by atoms with van der Waals surface area (Å²) < 4.78 is 0. The van der Waals surface area contributed by atoms with Crippen molar-refractivity contribution in [1.82, 2.24) is 0 Å². The van der Waals surface area contributed by atoms with Gasteiger partial charge in [0.05, 0.1) is 0 Å². The Morgan fingerprint density at radius 1 is 1.38 bits per heavy atom. The summed E-state index contributed by atoms with van der Waals surface area (Å²) in [6.07, 6.45) is 3.64. The Labute approximate surface area is 97.3 Å². The van der Waals surface area contributed by atoms with Crippen LogP contribution < -0.4 is 4.90 Å². The summed E-state index contributed by atoms with van der Waals surface area (Å²) in [5.41, 5.74) is 1.89. The highest BCUT2D eigenvalue weighted by molar-refractivity contribution is 5.84. The van der Waals surface area contributed by atoms with Crippen LogP contribution in [0.15, 0.2) is 24.3 Å². The molecular formula is C14H19NO. The molecule has 0 atom stereocenters. The van der Waals surface area contributed by atoms with Crippen molar-refractivity contribution >= 4 is 12.0 Å². The summed E-state index contributed by atoms with van der Waals surface area (Å²) in [7, 11) is 0. The molecule has 2 heteroatoms. The molecule has 1 aromatic carbocycles. The highest BCUT2D eigenvalue weighted by Gasteiger charge is 2.26. The fourth-order valence-corrected chi connectivity index (χ4v) is 2.01. The number of carbonyl (C=O) groups is 1. The lowest BCUT2D eigenvalue weighted by molar-refractivity contribution is 0.112. The van der Waals surface area contributed by atoms with Gasteiger partial charge in [0.1, 0.15) is 0 Å². The van der Waals surface area contributed by atoms with Crippen LogP contribution in [0.3, 0.4) is 0 Å². The number of rotatable bonds is 5. The van der Waals surface area contributed by atoms with Crippen LogP contribution in [0.25, 0.3) is 0 Å². The first kappa shape index (κ1) is 11.2. The van der Waals surface area contributed by atoms with Gasteiger partial charge in [-0.1, -0.05) is 12.1 Å². The van der Waals surface area contributed by atoms with Crippen molar-refractivity contribution in [2.45, 2.75) is 32.7 Å². The fourth-order valence-electron chi connectivity index (χ4n) is 2.01. The van der Waals surface area contributed by atoms with E-state index in [2.05, 4.69) is 18.7 Å². The topological polar surface area (TPSA) is 20.3 Å². The molecular weight excluding hydrogens is 198 g/mol. The molecule has 86 valence electrons. The largest absolute Gasteiger partial charge is 0.368 e. The van der Waals surface area contributed by atoms with E-state index in [0.29, 0.717) is 6.04 Å². The normalized spacial score (nSPS) is 15.2. The van der Waals surface area contributed by atoms with Crippen molar-refractivity contribution in [2.75, 3.05) is 11.4 Å². The Balaban J connectivity index is 2.25. The lowest BCUT2D eigenvalue weighted by atomic mass is 10.1. The van der Waals surface area contributed by atoms with Gasteiger partial charge in [-0.25, -0.2) is 0 Å². The van der Waals surface area contributed by atoms with Crippen molar-refractivity contribution in [3.05, 3.63) is 29.8 Å². The first-order chi connectivity index (χ1) is 7.72. The van der Waals surface area contributed by atoms with Gasteiger partial charge in [0.2, 0.25) is 0 Å². The highest BCUT2D eigenvalue weighted by atomic mass is 16.1. The molecule has 0 aliphatic heterocycles. The van der Waals surface area contributed by atoms with Crippen LogP contribution in [-0.4, -0.2) is 18.9 Å². The minimum absolute atomic E-state index is 0.446. The third-order valence-electron chi connectivity index (χ3n) is 3.15. The molecule has 0 spiro atoms. The predicted molar refractivity (Wildman–Crippen MR) is 67.0 cm³/mol. The summed E-state index contributed by atoms with van der Waals surface area (Å²) >= 11 is 0. The van der Waals surface area contributed by atoms with E-state index >= 15 is 0 Å². The first-order valence-corrected chi connectivity index (χ1v) is 6.03. The van der Waals surface area contributed by atoms with E-state index in [1.165, 1.54) is 12.8 Å². The smallest absolute Gasteiger partial charge is 0.152 e. The van der Waals surface area contributed by atoms with Crippen molar-refractivity contribution in [2.24, 2.45) is 5.92 Å². The molecule has 0 amide bonds. The van der Waals surface area contributed by atoms with Gasteiger partial charge in [0.25, 0.3) is 0 Å². The van der Waals surface area contributed by atoms with Crippen LogP contribution in [0.1, 0.15) is 37.0 Å². The van der Waals surface area contributed by atoms with Gasteiger partial charge < -0.3 is 4.90 Å². The average molecular weight is 217 g/mol. The molecule has 0 unspecified atom stereocenters. The van der Waals surface area contributed by atoms with Crippen molar-refractivity contribution < 1.29 is 4.79 Å². The predicted octanol–water partition coefficient (Wildman–Crippen LogP) is 3.12.